The SMILES string of the molecule is CC(C)(C)OC(=O)C(N)c1ccc(NCC(O)CO)cc1. The molecule has 2 atom stereocenters. The minimum atomic E-state index is -0.832. The Morgan fingerprint density at radius 1 is 1.33 bits per heavy atom. The molecule has 0 aromatic heterocycles. The highest BCUT2D eigenvalue weighted by Crippen LogP contribution is 2.18. The average Bonchev–Trinajstić information content (AvgIpc) is 2.42. The molecule has 0 fully saturated rings. The van der Waals surface area contributed by atoms with Gasteiger partial charge in [0.2, 0.25) is 0 Å². The van der Waals surface area contributed by atoms with Gasteiger partial charge in [0.25, 0.3) is 0 Å². The lowest BCUT2D eigenvalue weighted by Crippen LogP contribution is -2.31. The second kappa shape index (κ2) is 7.40. The number of aliphatic hydroxyl groups is 2. The molecule has 5 N–H and O–H groups in total. The van der Waals surface area contributed by atoms with Crippen LogP contribution in [0.15, 0.2) is 24.3 Å². The molecule has 6 nitrogen and oxygen atoms in total. The molecule has 0 radical (unpaired) electrons. The first kappa shape index (κ1) is 17.4. The summed E-state index contributed by atoms with van der Waals surface area (Å²) < 4.78 is 5.24. The summed E-state index contributed by atoms with van der Waals surface area (Å²) in [6, 6.07) is 6.12. The van der Waals surface area contributed by atoms with Crippen molar-refractivity contribution < 1.29 is 19.7 Å². The maximum absolute atomic E-state index is 11.9. The zero-order valence-corrected chi connectivity index (χ0v) is 12.7. The number of carbonyl (C=O) groups is 1. The Morgan fingerprint density at radius 3 is 2.38 bits per heavy atom. The average molecular weight is 296 g/mol. The van der Waals surface area contributed by atoms with Crippen molar-refractivity contribution in [2.45, 2.75) is 38.5 Å². The Hall–Kier alpha value is -1.63. The Kier molecular flexibility index (Phi) is 6.14. The molecule has 6 heteroatoms. The van der Waals surface area contributed by atoms with Crippen LogP contribution in [0, 0.1) is 0 Å². The van der Waals surface area contributed by atoms with Gasteiger partial charge in [-0.1, -0.05) is 12.1 Å². The highest BCUT2D eigenvalue weighted by Gasteiger charge is 2.23. The Bertz CT molecular complexity index is 454. The van der Waals surface area contributed by atoms with Gasteiger partial charge in [0.1, 0.15) is 11.6 Å². The fraction of sp³-hybridized carbons (Fsp3) is 0.533. The summed E-state index contributed by atoms with van der Waals surface area (Å²) in [6.45, 7) is 5.31. The van der Waals surface area contributed by atoms with E-state index >= 15 is 0 Å². The van der Waals surface area contributed by atoms with Crippen molar-refractivity contribution in [3.8, 4) is 0 Å². The van der Waals surface area contributed by atoms with Crippen LogP contribution in [-0.2, 0) is 9.53 Å². The minimum absolute atomic E-state index is 0.244. The first-order valence-electron chi connectivity index (χ1n) is 6.84. The lowest BCUT2D eigenvalue weighted by Gasteiger charge is -2.22. The number of aliphatic hydroxyl groups excluding tert-OH is 2. The third-order valence-electron chi connectivity index (χ3n) is 2.68. The van der Waals surface area contributed by atoms with Crippen LogP contribution in [0.4, 0.5) is 5.69 Å². The molecule has 0 aliphatic carbocycles. The molecule has 0 heterocycles. The first-order valence-corrected chi connectivity index (χ1v) is 6.84. The second-order valence-electron chi connectivity index (χ2n) is 5.85. The summed E-state index contributed by atoms with van der Waals surface area (Å²) in [7, 11) is 0. The second-order valence-corrected chi connectivity index (χ2v) is 5.85. The third-order valence-corrected chi connectivity index (χ3v) is 2.68. The topological polar surface area (TPSA) is 105 Å². The zero-order chi connectivity index (χ0) is 16.0. The Morgan fingerprint density at radius 2 is 1.90 bits per heavy atom. The molecule has 0 aliphatic rings. The van der Waals surface area contributed by atoms with Gasteiger partial charge in [0, 0.05) is 12.2 Å². The van der Waals surface area contributed by atoms with Crippen molar-refractivity contribution in [1.29, 1.82) is 0 Å². The van der Waals surface area contributed by atoms with E-state index in [0.717, 1.165) is 5.69 Å². The van der Waals surface area contributed by atoms with Gasteiger partial charge in [0.15, 0.2) is 0 Å². The maximum Gasteiger partial charge on any atom is 0.328 e. The zero-order valence-electron chi connectivity index (χ0n) is 12.7. The van der Waals surface area contributed by atoms with E-state index in [1.54, 1.807) is 45.0 Å². The van der Waals surface area contributed by atoms with E-state index in [1.165, 1.54) is 0 Å². The van der Waals surface area contributed by atoms with Gasteiger partial charge in [-0.3, -0.25) is 0 Å². The number of hydrogen-bond donors (Lipinski definition) is 4. The predicted molar refractivity (Wildman–Crippen MR) is 80.8 cm³/mol. The van der Waals surface area contributed by atoms with Crippen molar-refractivity contribution in [2.24, 2.45) is 5.73 Å². The quantitative estimate of drug-likeness (QED) is 0.579. The standard InChI is InChI=1S/C15H24N2O4/c1-15(2,3)21-14(20)13(16)10-4-6-11(7-5-10)17-8-12(19)9-18/h4-7,12-13,17-19H,8-9,16H2,1-3H3. The fourth-order valence-corrected chi connectivity index (χ4v) is 1.61. The highest BCUT2D eigenvalue weighted by molar-refractivity contribution is 5.78. The van der Waals surface area contributed by atoms with Gasteiger partial charge in [-0.05, 0) is 38.5 Å². The number of nitrogens with one attached hydrogen (secondary N) is 1. The van der Waals surface area contributed by atoms with Gasteiger partial charge in [0.05, 0.1) is 12.7 Å². The molecule has 1 aromatic carbocycles. The molecule has 0 spiro atoms. The number of anilines is 1. The summed E-state index contributed by atoms with van der Waals surface area (Å²) in [5.74, 6) is -0.473. The van der Waals surface area contributed by atoms with Gasteiger partial charge >= 0.3 is 5.97 Å². The number of carbonyl (C=O) groups excluding carboxylic acids is 1. The summed E-state index contributed by atoms with van der Waals surface area (Å²) in [5.41, 5.74) is 6.72. The van der Waals surface area contributed by atoms with Crippen molar-refractivity contribution in [3.63, 3.8) is 0 Å². The molecular weight excluding hydrogens is 272 g/mol. The number of esters is 1. The maximum atomic E-state index is 11.9. The lowest BCUT2D eigenvalue weighted by molar-refractivity contribution is -0.156. The monoisotopic (exact) mass is 296 g/mol. The van der Waals surface area contributed by atoms with Crippen LogP contribution in [0.3, 0.4) is 0 Å². The number of hydrogen-bond acceptors (Lipinski definition) is 6. The van der Waals surface area contributed by atoms with Crippen LogP contribution in [0.5, 0.6) is 0 Å². The molecule has 118 valence electrons. The van der Waals surface area contributed by atoms with E-state index in [1.807, 2.05) is 0 Å². The largest absolute Gasteiger partial charge is 0.459 e. The molecule has 0 saturated heterocycles. The molecule has 0 bridgehead atoms. The van der Waals surface area contributed by atoms with Crippen molar-refractivity contribution in [3.05, 3.63) is 29.8 Å². The normalized spacial score (nSPS) is 14.4. The van der Waals surface area contributed by atoms with E-state index in [4.69, 9.17) is 15.6 Å². The van der Waals surface area contributed by atoms with E-state index in [9.17, 15) is 9.90 Å². The third kappa shape index (κ3) is 6.12. The van der Waals surface area contributed by atoms with Crippen molar-refractivity contribution >= 4 is 11.7 Å². The highest BCUT2D eigenvalue weighted by atomic mass is 16.6. The van der Waals surface area contributed by atoms with Gasteiger partial charge < -0.3 is 26.0 Å². The summed E-state index contributed by atoms with van der Waals surface area (Å²) >= 11 is 0. The van der Waals surface area contributed by atoms with Crippen LogP contribution < -0.4 is 11.1 Å². The molecule has 1 rings (SSSR count). The number of nitrogens with two attached hydrogens (primary N) is 1. The molecule has 1 aromatic rings. The summed E-state index contributed by atoms with van der Waals surface area (Å²) in [4.78, 5) is 11.9. The lowest BCUT2D eigenvalue weighted by atomic mass is 10.1. The van der Waals surface area contributed by atoms with Gasteiger partial charge in [-0.2, -0.15) is 0 Å². The Balaban J connectivity index is 2.62. The minimum Gasteiger partial charge on any atom is -0.459 e. The first-order chi connectivity index (χ1) is 9.73. The number of benzene rings is 1. The Labute approximate surface area is 124 Å². The van der Waals surface area contributed by atoms with Crippen molar-refractivity contribution in [1.82, 2.24) is 0 Å². The summed E-state index contributed by atoms with van der Waals surface area (Å²) in [5, 5.41) is 20.9. The molecule has 0 aliphatic heterocycles. The van der Waals surface area contributed by atoms with E-state index in [2.05, 4.69) is 5.32 Å². The molecule has 2 unspecified atom stereocenters. The predicted octanol–water partition coefficient (Wildman–Crippen LogP) is 0.793. The van der Waals surface area contributed by atoms with Crippen LogP contribution in [0.1, 0.15) is 32.4 Å². The number of rotatable bonds is 6. The summed E-state index contributed by atoms with van der Waals surface area (Å²) in [6.07, 6.45) is -0.811. The van der Waals surface area contributed by atoms with E-state index in [-0.39, 0.29) is 13.2 Å². The van der Waals surface area contributed by atoms with E-state index in [0.29, 0.717) is 5.56 Å². The number of ether oxygens (including phenoxy) is 1. The van der Waals surface area contributed by atoms with Gasteiger partial charge in [-0.15, -0.1) is 0 Å². The molecular formula is C15H24N2O4. The smallest absolute Gasteiger partial charge is 0.328 e. The van der Waals surface area contributed by atoms with Crippen LogP contribution >= 0.6 is 0 Å². The van der Waals surface area contributed by atoms with Crippen LogP contribution in [0.25, 0.3) is 0 Å². The van der Waals surface area contributed by atoms with Gasteiger partial charge in [-0.25, -0.2) is 4.79 Å². The molecule has 21 heavy (non-hydrogen) atoms. The van der Waals surface area contributed by atoms with Crippen molar-refractivity contribution in [2.75, 3.05) is 18.5 Å². The van der Waals surface area contributed by atoms with Crippen LogP contribution in [0.2, 0.25) is 0 Å². The van der Waals surface area contributed by atoms with E-state index < -0.39 is 23.7 Å². The van der Waals surface area contributed by atoms with Crippen LogP contribution in [-0.4, -0.2) is 41.0 Å². The molecule has 0 saturated carbocycles. The molecule has 0 amide bonds. The fourth-order valence-electron chi connectivity index (χ4n) is 1.61.